The van der Waals surface area contributed by atoms with Crippen LogP contribution in [0.25, 0.3) is 11.8 Å². The number of benzene rings is 1. The standard InChI is InChI=1S/C17H20N4O2/c1-13-12-23-14(2)11-20(13)17(22)9-8-15-10-18-21(19-15)16-6-4-3-5-7-16/h3-10,13-14H,11-12H2,1-2H3. The molecule has 0 N–H and O–H groups in total. The summed E-state index contributed by atoms with van der Waals surface area (Å²) in [5, 5.41) is 8.57. The molecule has 6 nitrogen and oxygen atoms in total. The maximum atomic E-state index is 12.3. The van der Waals surface area contributed by atoms with Gasteiger partial charge < -0.3 is 9.64 Å². The molecule has 2 atom stereocenters. The molecule has 2 aromatic rings. The van der Waals surface area contributed by atoms with Gasteiger partial charge in [0.05, 0.1) is 30.6 Å². The number of morpholine rings is 1. The molecule has 1 fully saturated rings. The van der Waals surface area contributed by atoms with Crippen LogP contribution in [0.1, 0.15) is 19.5 Å². The maximum Gasteiger partial charge on any atom is 0.247 e. The highest BCUT2D eigenvalue weighted by molar-refractivity contribution is 5.91. The van der Waals surface area contributed by atoms with Crippen LogP contribution in [-0.4, -0.2) is 51.1 Å². The van der Waals surface area contributed by atoms with E-state index in [2.05, 4.69) is 10.2 Å². The summed E-state index contributed by atoms with van der Waals surface area (Å²) in [4.78, 5) is 15.7. The summed E-state index contributed by atoms with van der Waals surface area (Å²) in [7, 11) is 0. The molecule has 0 saturated carbocycles. The Morgan fingerprint density at radius 1 is 1.30 bits per heavy atom. The minimum absolute atomic E-state index is 0.0260. The largest absolute Gasteiger partial charge is 0.375 e. The topological polar surface area (TPSA) is 60.2 Å². The van der Waals surface area contributed by atoms with Crippen LogP contribution in [0.3, 0.4) is 0 Å². The predicted octanol–water partition coefficient (Wildman–Crippen LogP) is 1.92. The number of carbonyl (C=O) groups excluding carboxylic acids is 1. The lowest BCUT2D eigenvalue weighted by molar-refractivity contribution is -0.137. The van der Waals surface area contributed by atoms with E-state index in [0.717, 1.165) is 5.69 Å². The van der Waals surface area contributed by atoms with Crippen LogP contribution in [0, 0.1) is 0 Å². The van der Waals surface area contributed by atoms with Gasteiger partial charge in [-0.3, -0.25) is 4.79 Å². The van der Waals surface area contributed by atoms with E-state index in [4.69, 9.17) is 4.74 Å². The molecule has 1 aromatic carbocycles. The maximum absolute atomic E-state index is 12.3. The van der Waals surface area contributed by atoms with E-state index in [0.29, 0.717) is 18.8 Å². The number of carbonyl (C=O) groups is 1. The van der Waals surface area contributed by atoms with Gasteiger partial charge in [0.15, 0.2) is 0 Å². The third-order valence-electron chi connectivity index (χ3n) is 3.78. The summed E-state index contributed by atoms with van der Waals surface area (Å²) >= 11 is 0. The SMILES string of the molecule is CC1CN(C(=O)C=Cc2cnn(-c3ccccc3)n2)C(C)CO1. The Hall–Kier alpha value is -2.47. The molecule has 1 saturated heterocycles. The first-order chi connectivity index (χ1) is 11.1. The second-order valence-corrected chi connectivity index (χ2v) is 5.71. The van der Waals surface area contributed by atoms with Gasteiger partial charge in [-0.15, -0.1) is 5.10 Å². The van der Waals surface area contributed by atoms with Gasteiger partial charge in [0, 0.05) is 12.6 Å². The van der Waals surface area contributed by atoms with Crippen LogP contribution in [0.5, 0.6) is 0 Å². The van der Waals surface area contributed by atoms with Gasteiger partial charge in [-0.25, -0.2) is 0 Å². The van der Waals surface area contributed by atoms with Crippen LogP contribution in [-0.2, 0) is 9.53 Å². The second-order valence-electron chi connectivity index (χ2n) is 5.71. The average molecular weight is 312 g/mol. The molecule has 6 heteroatoms. The number of para-hydroxylation sites is 1. The summed E-state index contributed by atoms with van der Waals surface area (Å²) in [5.74, 6) is -0.0260. The Morgan fingerprint density at radius 3 is 2.87 bits per heavy atom. The first-order valence-corrected chi connectivity index (χ1v) is 7.71. The van der Waals surface area contributed by atoms with Crippen molar-refractivity contribution in [2.75, 3.05) is 13.2 Å². The van der Waals surface area contributed by atoms with E-state index in [-0.39, 0.29) is 18.1 Å². The average Bonchev–Trinajstić information content (AvgIpc) is 3.05. The molecular formula is C17H20N4O2. The molecule has 0 spiro atoms. The predicted molar refractivity (Wildman–Crippen MR) is 87.0 cm³/mol. The minimum atomic E-state index is -0.0260. The summed E-state index contributed by atoms with van der Waals surface area (Å²) in [6.07, 6.45) is 4.96. The number of hydrogen-bond donors (Lipinski definition) is 0. The van der Waals surface area contributed by atoms with Crippen LogP contribution in [0.15, 0.2) is 42.6 Å². The van der Waals surface area contributed by atoms with Gasteiger partial charge in [-0.2, -0.15) is 9.90 Å². The number of ether oxygens (including phenoxy) is 1. The van der Waals surface area contributed by atoms with E-state index < -0.39 is 0 Å². The molecule has 0 bridgehead atoms. The van der Waals surface area contributed by atoms with Crippen LogP contribution >= 0.6 is 0 Å². The van der Waals surface area contributed by atoms with Crippen molar-refractivity contribution < 1.29 is 9.53 Å². The summed E-state index contributed by atoms with van der Waals surface area (Å²) in [6.45, 7) is 5.15. The zero-order chi connectivity index (χ0) is 16.2. The van der Waals surface area contributed by atoms with Crippen molar-refractivity contribution in [1.29, 1.82) is 0 Å². The Labute approximate surface area is 135 Å². The van der Waals surface area contributed by atoms with Crippen molar-refractivity contribution in [2.45, 2.75) is 26.0 Å². The molecule has 0 aliphatic carbocycles. The molecular weight excluding hydrogens is 292 g/mol. The Kier molecular flexibility index (Phi) is 4.52. The summed E-state index contributed by atoms with van der Waals surface area (Å²) in [6, 6.07) is 9.74. The van der Waals surface area contributed by atoms with E-state index in [1.807, 2.05) is 49.1 Å². The zero-order valence-corrected chi connectivity index (χ0v) is 13.3. The minimum Gasteiger partial charge on any atom is -0.375 e. The van der Waals surface area contributed by atoms with Gasteiger partial charge in [0.1, 0.15) is 5.69 Å². The number of rotatable bonds is 3. The van der Waals surface area contributed by atoms with Gasteiger partial charge in [0.25, 0.3) is 0 Å². The van der Waals surface area contributed by atoms with Crippen molar-refractivity contribution in [1.82, 2.24) is 19.9 Å². The highest BCUT2D eigenvalue weighted by Crippen LogP contribution is 2.12. The molecule has 120 valence electrons. The van der Waals surface area contributed by atoms with Crippen molar-refractivity contribution in [3.05, 3.63) is 48.3 Å². The van der Waals surface area contributed by atoms with E-state index in [1.54, 1.807) is 23.1 Å². The second kappa shape index (κ2) is 6.75. The van der Waals surface area contributed by atoms with Crippen LogP contribution < -0.4 is 0 Å². The summed E-state index contributed by atoms with van der Waals surface area (Å²) in [5.41, 5.74) is 1.53. The fourth-order valence-corrected chi connectivity index (χ4v) is 2.50. The van der Waals surface area contributed by atoms with Crippen molar-refractivity contribution in [3.8, 4) is 5.69 Å². The molecule has 1 aromatic heterocycles. The molecule has 3 rings (SSSR count). The van der Waals surface area contributed by atoms with Crippen LogP contribution in [0.2, 0.25) is 0 Å². The van der Waals surface area contributed by atoms with E-state index in [1.165, 1.54) is 0 Å². The molecule has 23 heavy (non-hydrogen) atoms. The lowest BCUT2D eigenvalue weighted by Gasteiger charge is -2.36. The number of aromatic nitrogens is 3. The smallest absolute Gasteiger partial charge is 0.247 e. The fraction of sp³-hybridized carbons (Fsp3) is 0.353. The monoisotopic (exact) mass is 312 g/mol. The van der Waals surface area contributed by atoms with Gasteiger partial charge in [0.2, 0.25) is 5.91 Å². The molecule has 2 unspecified atom stereocenters. The van der Waals surface area contributed by atoms with Gasteiger partial charge >= 0.3 is 0 Å². The van der Waals surface area contributed by atoms with Gasteiger partial charge in [-0.1, -0.05) is 18.2 Å². The summed E-state index contributed by atoms with van der Waals surface area (Å²) < 4.78 is 5.54. The fourth-order valence-electron chi connectivity index (χ4n) is 2.50. The third kappa shape index (κ3) is 3.65. The van der Waals surface area contributed by atoms with Gasteiger partial charge in [-0.05, 0) is 32.1 Å². The van der Waals surface area contributed by atoms with Crippen LogP contribution in [0.4, 0.5) is 0 Å². The van der Waals surface area contributed by atoms with Crippen molar-refractivity contribution in [3.63, 3.8) is 0 Å². The highest BCUT2D eigenvalue weighted by Gasteiger charge is 2.25. The number of amides is 1. The normalized spacial score (nSPS) is 21.7. The Bertz CT molecular complexity index is 696. The Morgan fingerprint density at radius 2 is 2.09 bits per heavy atom. The third-order valence-corrected chi connectivity index (χ3v) is 3.78. The van der Waals surface area contributed by atoms with E-state index in [9.17, 15) is 4.79 Å². The van der Waals surface area contributed by atoms with E-state index >= 15 is 0 Å². The van der Waals surface area contributed by atoms with Crippen molar-refractivity contribution >= 4 is 12.0 Å². The molecule has 2 heterocycles. The first-order valence-electron chi connectivity index (χ1n) is 7.71. The molecule has 1 aliphatic heterocycles. The number of nitrogens with zero attached hydrogens (tertiary/aromatic N) is 4. The zero-order valence-electron chi connectivity index (χ0n) is 13.3. The lowest BCUT2D eigenvalue weighted by atomic mass is 10.2. The molecule has 0 radical (unpaired) electrons. The molecule has 1 amide bonds. The highest BCUT2D eigenvalue weighted by atomic mass is 16.5. The van der Waals surface area contributed by atoms with Crippen molar-refractivity contribution in [2.24, 2.45) is 0 Å². The first kappa shape index (κ1) is 15.4. The number of hydrogen-bond acceptors (Lipinski definition) is 4. The molecule has 1 aliphatic rings. The Balaban J connectivity index is 1.68. The quantitative estimate of drug-likeness (QED) is 0.812. The lowest BCUT2D eigenvalue weighted by Crippen LogP contribution is -2.49.